The highest BCUT2D eigenvalue weighted by atomic mass is 32.2. The third-order valence-corrected chi connectivity index (χ3v) is 6.63. The molecule has 0 spiro atoms. The van der Waals surface area contributed by atoms with Crippen molar-refractivity contribution < 1.29 is 23.1 Å². The number of carboxylic acids is 1. The van der Waals surface area contributed by atoms with Crippen LogP contribution in [-0.2, 0) is 19.6 Å². The van der Waals surface area contributed by atoms with Crippen molar-refractivity contribution in [3.05, 3.63) is 0 Å². The first-order valence-electron chi connectivity index (χ1n) is 9.24. The van der Waals surface area contributed by atoms with Crippen molar-refractivity contribution >= 4 is 21.9 Å². The number of nitrogens with zero attached hydrogens (tertiary/aromatic N) is 1. The van der Waals surface area contributed by atoms with Gasteiger partial charge in [-0.05, 0) is 56.8 Å². The van der Waals surface area contributed by atoms with E-state index in [9.17, 15) is 18.0 Å². The molecule has 144 valence electrons. The largest absolute Gasteiger partial charge is 0.481 e. The number of likely N-dealkylation sites (tertiary alicyclic amines) is 1. The van der Waals surface area contributed by atoms with Gasteiger partial charge in [-0.25, -0.2) is 13.1 Å². The van der Waals surface area contributed by atoms with Crippen LogP contribution in [0.3, 0.4) is 0 Å². The van der Waals surface area contributed by atoms with Crippen molar-refractivity contribution in [2.45, 2.75) is 64.3 Å². The number of carboxylic acid groups (broad SMARTS) is 1. The van der Waals surface area contributed by atoms with Crippen LogP contribution >= 0.6 is 0 Å². The van der Waals surface area contributed by atoms with E-state index in [1.807, 2.05) is 0 Å². The number of rotatable bonds is 7. The zero-order valence-electron chi connectivity index (χ0n) is 14.9. The molecule has 8 heteroatoms. The minimum atomic E-state index is -3.63. The molecule has 0 aromatic heterocycles. The number of nitrogens with one attached hydrogen (secondary N) is 1. The number of sulfonamides is 1. The normalized spacial score (nSPS) is 27.9. The molecule has 1 heterocycles. The van der Waals surface area contributed by atoms with E-state index in [1.165, 1.54) is 0 Å². The van der Waals surface area contributed by atoms with Crippen LogP contribution < -0.4 is 4.72 Å². The number of carbonyl (C=O) groups is 2. The number of amides is 1. The molecule has 2 N–H and O–H groups in total. The lowest BCUT2D eigenvalue weighted by atomic mass is 9.88. The third-order valence-electron chi connectivity index (χ3n) is 5.31. The summed E-state index contributed by atoms with van der Waals surface area (Å²) < 4.78 is 27.3. The molecule has 0 aromatic rings. The summed E-state index contributed by atoms with van der Waals surface area (Å²) in [5.41, 5.74) is 0. The van der Waals surface area contributed by atoms with E-state index in [1.54, 1.807) is 4.90 Å². The van der Waals surface area contributed by atoms with Gasteiger partial charge in [-0.1, -0.05) is 6.92 Å². The maximum absolute atomic E-state index is 12.4. The molecule has 0 bridgehead atoms. The lowest BCUT2D eigenvalue weighted by Crippen LogP contribution is -2.46. The smallest absolute Gasteiger partial charge is 0.303 e. The summed E-state index contributed by atoms with van der Waals surface area (Å²) in [5.74, 6) is -0.943. The Bertz CT molecular complexity index is 570. The molecule has 1 aliphatic heterocycles. The second-order valence-electron chi connectivity index (χ2n) is 7.61. The second kappa shape index (κ2) is 8.98. The summed E-state index contributed by atoms with van der Waals surface area (Å²) >= 11 is 0. The van der Waals surface area contributed by atoms with Gasteiger partial charge in [0, 0.05) is 25.6 Å². The molecule has 1 saturated heterocycles. The second-order valence-corrected chi connectivity index (χ2v) is 9.37. The van der Waals surface area contributed by atoms with Crippen LogP contribution in [0.5, 0.6) is 0 Å². The fourth-order valence-corrected chi connectivity index (χ4v) is 5.12. The molecule has 1 unspecified atom stereocenters. The molecule has 1 aliphatic carbocycles. The first-order valence-corrected chi connectivity index (χ1v) is 10.9. The van der Waals surface area contributed by atoms with Gasteiger partial charge in [0.25, 0.3) is 0 Å². The summed E-state index contributed by atoms with van der Waals surface area (Å²) in [4.78, 5) is 24.6. The van der Waals surface area contributed by atoms with Gasteiger partial charge in [-0.2, -0.15) is 0 Å². The predicted molar refractivity (Wildman–Crippen MR) is 94.5 cm³/mol. The van der Waals surface area contributed by atoms with Crippen molar-refractivity contribution in [1.29, 1.82) is 0 Å². The Morgan fingerprint density at radius 2 is 1.84 bits per heavy atom. The Kier molecular flexibility index (Phi) is 7.25. The SMILES string of the molecule is CC1CCC(NS(=O)(=O)CC(=O)N2CCCC(CCC(=O)O)C2)CC1. The monoisotopic (exact) mass is 374 g/mol. The summed E-state index contributed by atoms with van der Waals surface area (Å²) in [5, 5.41) is 8.78. The van der Waals surface area contributed by atoms with Crippen molar-refractivity contribution in [2.24, 2.45) is 11.8 Å². The van der Waals surface area contributed by atoms with E-state index in [-0.39, 0.29) is 24.3 Å². The molecule has 1 atom stereocenters. The number of aliphatic carboxylic acids is 1. The predicted octanol–water partition coefficient (Wildman–Crippen LogP) is 1.59. The highest BCUT2D eigenvalue weighted by Crippen LogP contribution is 2.24. The van der Waals surface area contributed by atoms with Gasteiger partial charge in [0.2, 0.25) is 15.9 Å². The maximum Gasteiger partial charge on any atom is 0.303 e. The summed E-state index contributed by atoms with van der Waals surface area (Å²) in [7, 11) is -3.63. The molecule has 25 heavy (non-hydrogen) atoms. The van der Waals surface area contributed by atoms with Crippen LogP contribution in [0.4, 0.5) is 0 Å². The van der Waals surface area contributed by atoms with Crippen molar-refractivity contribution in [2.75, 3.05) is 18.8 Å². The van der Waals surface area contributed by atoms with E-state index in [0.29, 0.717) is 25.4 Å². The number of piperidine rings is 1. The van der Waals surface area contributed by atoms with Crippen LogP contribution in [-0.4, -0.2) is 55.2 Å². The van der Waals surface area contributed by atoms with E-state index in [2.05, 4.69) is 11.6 Å². The van der Waals surface area contributed by atoms with Crippen molar-refractivity contribution in [3.63, 3.8) is 0 Å². The molecule has 0 radical (unpaired) electrons. The van der Waals surface area contributed by atoms with E-state index in [0.717, 1.165) is 38.5 Å². The minimum absolute atomic E-state index is 0.0568. The number of carbonyl (C=O) groups excluding carboxylic acids is 1. The molecule has 2 aliphatic rings. The van der Waals surface area contributed by atoms with Crippen LogP contribution in [0, 0.1) is 11.8 Å². The molecule has 2 fully saturated rings. The first-order chi connectivity index (χ1) is 11.7. The highest BCUT2D eigenvalue weighted by Gasteiger charge is 2.29. The zero-order chi connectivity index (χ0) is 18.4. The lowest BCUT2D eigenvalue weighted by Gasteiger charge is -2.33. The molecular weight excluding hydrogens is 344 g/mol. The van der Waals surface area contributed by atoms with Gasteiger partial charge in [-0.3, -0.25) is 9.59 Å². The van der Waals surface area contributed by atoms with Crippen LogP contribution in [0.1, 0.15) is 58.3 Å². The Morgan fingerprint density at radius 3 is 2.48 bits per heavy atom. The minimum Gasteiger partial charge on any atom is -0.481 e. The van der Waals surface area contributed by atoms with Gasteiger partial charge in [0.1, 0.15) is 5.75 Å². The Morgan fingerprint density at radius 1 is 1.16 bits per heavy atom. The topological polar surface area (TPSA) is 104 Å². The molecule has 0 aromatic carbocycles. The van der Waals surface area contributed by atoms with Crippen LogP contribution in [0.25, 0.3) is 0 Å². The standard InChI is InChI=1S/C17H30N2O5S/c1-13-4-7-15(8-5-13)18-25(23,24)12-16(20)19-10-2-3-14(11-19)6-9-17(21)22/h13-15,18H,2-12H2,1H3,(H,21,22). The molecule has 1 amide bonds. The Balaban J connectivity index is 1.82. The summed E-state index contributed by atoms with van der Waals surface area (Å²) in [6.45, 7) is 3.19. The van der Waals surface area contributed by atoms with E-state index >= 15 is 0 Å². The molecule has 7 nitrogen and oxygen atoms in total. The maximum atomic E-state index is 12.4. The van der Waals surface area contributed by atoms with Gasteiger partial charge >= 0.3 is 5.97 Å². The Labute approximate surface area is 150 Å². The van der Waals surface area contributed by atoms with Gasteiger partial charge in [-0.15, -0.1) is 0 Å². The average Bonchev–Trinajstić information content (AvgIpc) is 2.54. The van der Waals surface area contributed by atoms with Crippen LogP contribution in [0.15, 0.2) is 0 Å². The molecule has 1 saturated carbocycles. The van der Waals surface area contributed by atoms with E-state index in [4.69, 9.17) is 5.11 Å². The quantitative estimate of drug-likeness (QED) is 0.704. The van der Waals surface area contributed by atoms with Gasteiger partial charge in [0.15, 0.2) is 0 Å². The van der Waals surface area contributed by atoms with Crippen LogP contribution in [0.2, 0.25) is 0 Å². The number of hydrogen-bond donors (Lipinski definition) is 2. The Hall–Kier alpha value is -1.15. The average molecular weight is 375 g/mol. The molecular formula is C17H30N2O5S. The van der Waals surface area contributed by atoms with Gasteiger partial charge in [0.05, 0.1) is 0 Å². The first kappa shape index (κ1) is 20.2. The molecule has 2 rings (SSSR count). The highest BCUT2D eigenvalue weighted by molar-refractivity contribution is 7.90. The fourth-order valence-electron chi connectivity index (χ4n) is 3.78. The summed E-state index contributed by atoms with van der Waals surface area (Å²) in [6, 6.07) is -0.0568. The van der Waals surface area contributed by atoms with E-state index < -0.39 is 21.7 Å². The van der Waals surface area contributed by atoms with Crippen molar-refractivity contribution in [1.82, 2.24) is 9.62 Å². The third kappa shape index (κ3) is 6.93. The summed E-state index contributed by atoms with van der Waals surface area (Å²) in [6.07, 6.45) is 5.99. The zero-order valence-corrected chi connectivity index (χ0v) is 15.8. The number of hydrogen-bond acceptors (Lipinski definition) is 4. The fraction of sp³-hybridized carbons (Fsp3) is 0.882. The van der Waals surface area contributed by atoms with Gasteiger partial charge < -0.3 is 10.0 Å². The lowest BCUT2D eigenvalue weighted by molar-refractivity contribution is -0.137. The van der Waals surface area contributed by atoms with Crippen molar-refractivity contribution in [3.8, 4) is 0 Å².